The standard InChI is InChI=1S/C16H26BrNO/c1-3-4-5-6-7-8-11-19-16-10-9-14(13(2)18)12-15(16)17/h9-10,12-13H,3-8,11,18H2,1-2H3/t13-/m0/s1. The molecule has 3 heteroatoms. The van der Waals surface area contributed by atoms with Gasteiger partial charge in [-0.2, -0.15) is 0 Å². The highest BCUT2D eigenvalue weighted by Gasteiger charge is 2.05. The summed E-state index contributed by atoms with van der Waals surface area (Å²) in [6.07, 6.45) is 7.71. The van der Waals surface area contributed by atoms with E-state index >= 15 is 0 Å². The molecule has 0 spiro atoms. The van der Waals surface area contributed by atoms with E-state index in [4.69, 9.17) is 10.5 Å². The normalized spacial score (nSPS) is 12.4. The molecular formula is C16H26BrNO. The van der Waals surface area contributed by atoms with E-state index < -0.39 is 0 Å². The minimum Gasteiger partial charge on any atom is -0.492 e. The highest BCUT2D eigenvalue weighted by molar-refractivity contribution is 9.10. The van der Waals surface area contributed by atoms with E-state index in [1.807, 2.05) is 25.1 Å². The topological polar surface area (TPSA) is 35.2 Å². The van der Waals surface area contributed by atoms with Gasteiger partial charge in [0.1, 0.15) is 5.75 Å². The lowest BCUT2D eigenvalue weighted by molar-refractivity contribution is 0.302. The molecular weight excluding hydrogens is 302 g/mol. The highest BCUT2D eigenvalue weighted by atomic mass is 79.9. The van der Waals surface area contributed by atoms with Crippen LogP contribution in [0.3, 0.4) is 0 Å². The molecule has 0 unspecified atom stereocenters. The number of ether oxygens (including phenoxy) is 1. The molecule has 1 aromatic rings. The molecule has 1 atom stereocenters. The van der Waals surface area contributed by atoms with Crippen molar-refractivity contribution in [1.82, 2.24) is 0 Å². The first kappa shape index (κ1) is 16.5. The molecule has 0 aliphatic carbocycles. The average molecular weight is 328 g/mol. The average Bonchev–Trinajstić information content (AvgIpc) is 2.39. The lowest BCUT2D eigenvalue weighted by Crippen LogP contribution is -2.05. The first-order valence-corrected chi connectivity index (χ1v) is 8.12. The summed E-state index contributed by atoms with van der Waals surface area (Å²) in [7, 11) is 0. The Morgan fingerprint density at radius 1 is 1.16 bits per heavy atom. The second kappa shape index (κ2) is 9.38. The van der Waals surface area contributed by atoms with E-state index in [2.05, 4.69) is 22.9 Å². The summed E-state index contributed by atoms with van der Waals surface area (Å²) in [5, 5.41) is 0. The Hall–Kier alpha value is -0.540. The lowest BCUT2D eigenvalue weighted by atomic mass is 10.1. The summed E-state index contributed by atoms with van der Waals surface area (Å²) in [5.74, 6) is 0.915. The predicted octanol–water partition coefficient (Wildman–Crippen LogP) is 5.21. The minimum absolute atomic E-state index is 0.0592. The molecule has 0 radical (unpaired) electrons. The van der Waals surface area contributed by atoms with E-state index in [-0.39, 0.29) is 6.04 Å². The summed E-state index contributed by atoms with van der Waals surface area (Å²) >= 11 is 3.54. The Morgan fingerprint density at radius 3 is 2.47 bits per heavy atom. The van der Waals surface area contributed by atoms with E-state index in [0.29, 0.717) is 0 Å². The minimum atomic E-state index is 0.0592. The Morgan fingerprint density at radius 2 is 1.84 bits per heavy atom. The Labute approximate surface area is 125 Å². The third-order valence-corrected chi connectivity index (χ3v) is 3.86. The molecule has 2 nitrogen and oxygen atoms in total. The summed E-state index contributed by atoms with van der Waals surface area (Å²) in [6.45, 7) is 5.02. The van der Waals surface area contributed by atoms with Gasteiger partial charge < -0.3 is 10.5 Å². The molecule has 1 aromatic carbocycles. The Bertz CT molecular complexity index is 366. The zero-order valence-corrected chi connectivity index (χ0v) is 13.7. The second-order valence-electron chi connectivity index (χ2n) is 5.09. The van der Waals surface area contributed by atoms with E-state index in [0.717, 1.165) is 28.8 Å². The van der Waals surface area contributed by atoms with Crippen molar-refractivity contribution in [1.29, 1.82) is 0 Å². The van der Waals surface area contributed by atoms with Crippen molar-refractivity contribution < 1.29 is 4.74 Å². The SMILES string of the molecule is CCCCCCCCOc1ccc([C@H](C)N)cc1Br. The van der Waals surface area contributed by atoms with Crippen molar-refractivity contribution >= 4 is 15.9 Å². The fourth-order valence-electron chi connectivity index (χ4n) is 1.98. The van der Waals surface area contributed by atoms with Gasteiger partial charge in [0.25, 0.3) is 0 Å². The quantitative estimate of drug-likeness (QED) is 0.632. The first-order valence-electron chi connectivity index (χ1n) is 7.33. The van der Waals surface area contributed by atoms with Gasteiger partial charge in [-0.15, -0.1) is 0 Å². The van der Waals surface area contributed by atoms with Crippen LogP contribution in [0, 0.1) is 0 Å². The Balaban J connectivity index is 2.26. The third-order valence-electron chi connectivity index (χ3n) is 3.24. The summed E-state index contributed by atoms with van der Waals surface area (Å²) in [4.78, 5) is 0. The molecule has 0 bridgehead atoms. The molecule has 0 aliphatic heterocycles. The van der Waals surface area contributed by atoms with E-state index in [1.165, 1.54) is 32.1 Å². The molecule has 2 N–H and O–H groups in total. The van der Waals surface area contributed by atoms with Crippen LogP contribution < -0.4 is 10.5 Å². The van der Waals surface area contributed by atoms with Gasteiger partial charge in [-0.1, -0.05) is 45.1 Å². The van der Waals surface area contributed by atoms with Crippen LogP contribution in [0.25, 0.3) is 0 Å². The molecule has 1 rings (SSSR count). The monoisotopic (exact) mass is 327 g/mol. The maximum absolute atomic E-state index is 5.85. The number of unbranched alkanes of at least 4 members (excludes halogenated alkanes) is 5. The van der Waals surface area contributed by atoms with Crippen LogP contribution in [-0.2, 0) is 0 Å². The molecule has 0 saturated carbocycles. The van der Waals surface area contributed by atoms with Gasteiger partial charge >= 0.3 is 0 Å². The van der Waals surface area contributed by atoms with Gasteiger partial charge in [0.15, 0.2) is 0 Å². The maximum atomic E-state index is 5.85. The molecule has 108 valence electrons. The summed E-state index contributed by atoms with van der Waals surface area (Å²) in [5.41, 5.74) is 6.97. The first-order chi connectivity index (χ1) is 9.15. The number of nitrogens with two attached hydrogens (primary N) is 1. The van der Waals surface area contributed by atoms with Crippen LogP contribution >= 0.6 is 15.9 Å². The largest absolute Gasteiger partial charge is 0.492 e. The van der Waals surface area contributed by atoms with Crippen LogP contribution in [0.4, 0.5) is 0 Å². The fraction of sp³-hybridized carbons (Fsp3) is 0.625. The molecule has 0 heterocycles. The van der Waals surface area contributed by atoms with Crippen molar-refractivity contribution in [3.63, 3.8) is 0 Å². The molecule has 19 heavy (non-hydrogen) atoms. The summed E-state index contributed by atoms with van der Waals surface area (Å²) in [6, 6.07) is 6.14. The lowest BCUT2D eigenvalue weighted by Gasteiger charge is -2.11. The predicted molar refractivity (Wildman–Crippen MR) is 85.6 cm³/mol. The van der Waals surface area contributed by atoms with Crippen molar-refractivity contribution in [2.75, 3.05) is 6.61 Å². The van der Waals surface area contributed by atoms with Crippen LogP contribution in [0.1, 0.15) is 64.0 Å². The number of benzene rings is 1. The Kier molecular flexibility index (Phi) is 8.15. The highest BCUT2D eigenvalue weighted by Crippen LogP contribution is 2.28. The van der Waals surface area contributed by atoms with Crippen molar-refractivity contribution in [2.24, 2.45) is 5.73 Å². The van der Waals surface area contributed by atoms with Gasteiger partial charge in [0.05, 0.1) is 11.1 Å². The van der Waals surface area contributed by atoms with Gasteiger partial charge in [-0.05, 0) is 47.0 Å². The molecule has 0 aliphatic rings. The van der Waals surface area contributed by atoms with E-state index in [9.17, 15) is 0 Å². The van der Waals surface area contributed by atoms with Gasteiger partial charge in [0.2, 0.25) is 0 Å². The maximum Gasteiger partial charge on any atom is 0.133 e. The van der Waals surface area contributed by atoms with Crippen LogP contribution in [0.2, 0.25) is 0 Å². The van der Waals surface area contributed by atoms with Crippen LogP contribution in [0.15, 0.2) is 22.7 Å². The van der Waals surface area contributed by atoms with Crippen LogP contribution in [-0.4, -0.2) is 6.61 Å². The molecule has 0 aromatic heterocycles. The summed E-state index contributed by atoms with van der Waals surface area (Å²) < 4.78 is 6.78. The zero-order valence-electron chi connectivity index (χ0n) is 12.1. The fourth-order valence-corrected chi connectivity index (χ4v) is 2.49. The van der Waals surface area contributed by atoms with Gasteiger partial charge in [-0.25, -0.2) is 0 Å². The van der Waals surface area contributed by atoms with Crippen molar-refractivity contribution in [3.8, 4) is 5.75 Å². The number of rotatable bonds is 9. The molecule has 0 amide bonds. The molecule has 0 fully saturated rings. The number of hydrogen-bond acceptors (Lipinski definition) is 2. The van der Waals surface area contributed by atoms with Gasteiger partial charge in [-0.3, -0.25) is 0 Å². The van der Waals surface area contributed by atoms with Gasteiger partial charge in [0, 0.05) is 6.04 Å². The van der Waals surface area contributed by atoms with Crippen molar-refractivity contribution in [2.45, 2.75) is 58.4 Å². The smallest absolute Gasteiger partial charge is 0.133 e. The van der Waals surface area contributed by atoms with Crippen LogP contribution in [0.5, 0.6) is 5.75 Å². The molecule has 0 saturated heterocycles. The van der Waals surface area contributed by atoms with Crippen molar-refractivity contribution in [3.05, 3.63) is 28.2 Å². The number of halogens is 1. The zero-order chi connectivity index (χ0) is 14.1. The third kappa shape index (κ3) is 6.44. The second-order valence-corrected chi connectivity index (χ2v) is 5.95. The van der Waals surface area contributed by atoms with E-state index in [1.54, 1.807) is 0 Å². The number of hydrogen-bond donors (Lipinski definition) is 1.